The number of hydrogen-bond donors (Lipinski definition) is 1. The highest BCUT2D eigenvalue weighted by atomic mass is 16.3. The van der Waals surface area contributed by atoms with Crippen LogP contribution in [0.15, 0.2) is 42.7 Å². The quantitative estimate of drug-likeness (QED) is 0.912. The van der Waals surface area contributed by atoms with Gasteiger partial charge in [0, 0.05) is 18.0 Å². The summed E-state index contributed by atoms with van der Waals surface area (Å²) in [7, 11) is 0. The molecule has 19 heavy (non-hydrogen) atoms. The molecule has 1 atom stereocenters. The van der Waals surface area contributed by atoms with Crippen molar-refractivity contribution in [2.75, 3.05) is 0 Å². The van der Waals surface area contributed by atoms with Gasteiger partial charge >= 0.3 is 0 Å². The fraction of sp³-hybridized carbons (Fsp3) is 0.438. The number of aliphatic hydroxyl groups excluding tert-OH is 1. The van der Waals surface area contributed by atoms with Crippen LogP contribution in [0, 0.1) is 5.92 Å². The molecule has 0 aliphatic heterocycles. The van der Waals surface area contributed by atoms with Crippen molar-refractivity contribution in [2.45, 2.75) is 38.3 Å². The van der Waals surface area contributed by atoms with Gasteiger partial charge in [0.25, 0.3) is 0 Å². The zero-order valence-electron chi connectivity index (χ0n) is 11.1. The molecule has 1 heterocycles. The third-order valence-electron chi connectivity index (χ3n) is 4.08. The van der Waals surface area contributed by atoms with Gasteiger partial charge in [-0.1, -0.05) is 43.2 Å². The Labute approximate surface area is 113 Å². The highest BCUT2D eigenvalue weighted by Gasteiger charge is 2.24. The molecule has 1 unspecified atom stereocenters. The van der Waals surface area contributed by atoms with Crippen LogP contribution < -0.4 is 0 Å². The minimum absolute atomic E-state index is 0.251. The van der Waals surface area contributed by atoms with E-state index in [0.29, 0.717) is 12.5 Å². The Bertz CT molecular complexity index is 515. The van der Waals surface area contributed by atoms with E-state index in [1.54, 1.807) is 0 Å². The van der Waals surface area contributed by atoms with Crippen LogP contribution >= 0.6 is 0 Å². The molecule has 0 spiro atoms. The van der Waals surface area contributed by atoms with Crippen molar-refractivity contribution in [1.29, 1.82) is 0 Å². The molecule has 1 aliphatic rings. The van der Waals surface area contributed by atoms with Crippen molar-refractivity contribution >= 4 is 0 Å². The number of rotatable bonds is 4. The lowest BCUT2D eigenvalue weighted by molar-refractivity contribution is 0.0935. The van der Waals surface area contributed by atoms with Gasteiger partial charge in [-0.05, 0) is 18.8 Å². The van der Waals surface area contributed by atoms with E-state index in [1.807, 2.05) is 30.6 Å². The van der Waals surface area contributed by atoms with E-state index in [1.165, 1.54) is 12.8 Å². The summed E-state index contributed by atoms with van der Waals surface area (Å²) < 4.78 is 2.07. The molecule has 100 valence electrons. The van der Waals surface area contributed by atoms with E-state index in [-0.39, 0.29) is 6.10 Å². The Hall–Kier alpha value is -1.61. The summed E-state index contributed by atoms with van der Waals surface area (Å²) in [5, 5.41) is 10.3. The molecule has 1 aliphatic carbocycles. The number of benzene rings is 1. The van der Waals surface area contributed by atoms with Crippen LogP contribution in [0.2, 0.25) is 0 Å². The molecule has 1 aromatic carbocycles. The second-order valence-corrected chi connectivity index (χ2v) is 5.38. The molecule has 3 nitrogen and oxygen atoms in total. The van der Waals surface area contributed by atoms with Crippen molar-refractivity contribution in [3.63, 3.8) is 0 Å². The van der Waals surface area contributed by atoms with E-state index in [9.17, 15) is 5.11 Å². The molecule has 3 rings (SSSR count). The highest BCUT2D eigenvalue weighted by Crippen LogP contribution is 2.29. The number of aliphatic hydroxyl groups is 1. The first-order chi connectivity index (χ1) is 9.34. The summed E-state index contributed by atoms with van der Waals surface area (Å²) in [4.78, 5) is 4.42. The van der Waals surface area contributed by atoms with E-state index in [4.69, 9.17) is 0 Å². The van der Waals surface area contributed by atoms with Crippen LogP contribution in [0.4, 0.5) is 0 Å². The van der Waals surface area contributed by atoms with Gasteiger partial charge in [0.2, 0.25) is 0 Å². The molecule has 1 N–H and O–H groups in total. The summed E-state index contributed by atoms with van der Waals surface area (Å²) in [6.45, 7) is 0.648. The zero-order chi connectivity index (χ0) is 13.1. The third kappa shape index (κ3) is 2.71. The maximum absolute atomic E-state index is 10.3. The van der Waals surface area contributed by atoms with Gasteiger partial charge in [-0.3, -0.25) is 0 Å². The van der Waals surface area contributed by atoms with E-state index in [2.05, 4.69) is 21.7 Å². The molecular formula is C16H20N2O. The number of aromatic nitrogens is 2. The Morgan fingerprint density at radius 3 is 2.68 bits per heavy atom. The van der Waals surface area contributed by atoms with Gasteiger partial charge in [0.15, 0.2) is 0 Å². The highest BCUT2D eigenvalue weighted by molar-refractivity contribution is 5.55. The first-order valence-corrected chi connectivity index (χ1v) is 7.09. The first kappa shape index (κ1) is 12.4. The van der Waals surface area contributed by atoms with Gasteiger partial charge in [0.1, 0.15) is 5.82 Å². The molecular weight excluding hydrogens is 236 g/mol. The molecule has 1 saturated carbocycles. The van der Waals surface area contributed by atoms with E-state index in [0.717, 1.165) is 24.2 Å². The average Bonchev–Trinajstić information content (AvgIpc) is 3.11. The van der Waals surface area contributed by atoms with Gasteiger partial charge in [0.05, 0.1) is 12.6 Å². The largest absolute Gasteiger partial charge is 0.391 e. The van der Waals surface area contributed by atoms with Crippen molar-refractivity contribution in [2.24, 2.45) is 5.92 Å². The first-order valence-electron chi connectivity index (χ1n) is 7.09. The van der Waals surface area contributed by atoms with Crippen LogP contribution in [0.25, 0.3) is 11.4 Å². The zero-order valence-corrected chi connectivity index (χ0v) is 11.1. The van der Waals surface area contributed by atoms with Gasteiger partial charge < -0.3 is 9.67 Å². The summed E-state index contributed by atoms with van der Waals surface area (Å²) >= 11 is 0. The Kier molecular flexibility index (Phi) is 3.65. The molecule has 0 radical (unpaired) electrons. The van der Waals surface area contributed by atoms with Crippen LogP contribution in [0.3, 0.4) is 0 Å². The van der Waals surface area contributed by atoms with Gasteiger partial charge in [-0.2, -0.15) is 0 Å². The van der Waals surface area contributed by atoms with E-state index < -0.39 is 0 Å². The lowest BCUT2D eigenvalue weighted by atomic mass is 10.0. The summed E-state index contributed by atoms with van der Waals surface area (Å²) in [6.07, 6.45) is 8.37. The maximum Gasteiger partial charge on any atom is 0.139 e. The monoisotopic (exact) mass is 256 g/mol. The normalized spacial score (nSPS) is 17.7. The number of nitrogens with zero attached hydrogens (tertiary/aromatic N) is 2. The Balaban J connectivity index is 1.77. The third-order valence-corrected chi connectivity index (χ3v) is 4.08. The van der Waals surface area contributed by atoms with Crippen LogP contribution in [0.5, 0.6) is 0 Å². The maximum atomic E-state index is 10.3. The second-order valence-electron chi connectivity index (χ2n) is 5.38. The molecule has 2 aromatic rings. The summed E-state index contributed by atoms with van der Waals surface area (Å²) in [5.41, 5.74) is 1.10. The van der Waals surface area contributed by atoms with E-state index >= 15 is 0 Å². The van der Waals surface area contributed by atoms with Crippen molar-refractivity contribution in [3.05, 3.63) is 42.7 Å². The molecule has 3 heteroatoms. The van der Waals surface area contributed by atoms with Gasteiger partial charge in [-0.15, -0.1) is 0 Å². The summed E-state index contributed by atoms with van der Waals surface area (Å²) in [5.74, 6) is 1.41. The molecule has 1 aromatic heterocycles. The molecule has 0 bridgehead atoms. The smallest absolute Gasteiger partial charge is 0.139 e. The van der Waals surface area contributed by atoms with Crippen LogP contribution in [0.1, 0.15) is 25.7 Å². The standard InChI is InChI=1S/C16H20N2O/c19-15(13-6-4-5-7-13)12-18-11-10-17-16(18)14-8-2-1-3-9-14/h1-3,8-11,13,15,19H,4-7,12H2. The van der Waals surface area contributed by atoms with Crippen molar-refractivity contribution < 1.29 is 5.11 Å². The predicted octanol–water partition coefficient (Wildman–Crippen LogP) is 3.10. The fourth-order valence-corrected chi connectivity index (χ4v) is 3.00. The van der Waals surface area contributed by atoms with Gasteiger partial charge in [-0.25, -0.2) is 4.98 Å². The second kappa shape index (κ2) is 5.57. The Morgan fingerprint density at radius 2 is 1.95 bits per heavy atom. The molecule has 0 saturated heterocycles. The minimum atomic E-state index is -0.251. The number of imidazole rings is 1. The molecule has 1 fully saturated rings. The predicted molar refractivity (Wildman–Crippen MR) is 75.6 cm³/mol. The lowest BCUT2D eigenvalue weighted by Gasteiger charge is -2.19. The van der Waals surface area contributed by atoms with Crippen molar-refractivity contribution in [3.8, 4) is 11.4 Å². The Morgan fingerprint density at radius 1 is 1.21 bits per heavy atom. The minimum Gasteiger partial charge on any atom is -0.391 e. The fourth-order valence-electron chi connectivity index (χ4n) is 3.00. The SMILES string of the molecule is OC(Cn1ccnc1-c1ccccc1)C1CCCC1. The number of hydrogen-bond acceptors (Lipinski definition) is 2. The summed E-state index contributed by atoms with van der Waals surface area (Å²) in [6, 6.07) is 10.1. The lowest BCUT2D eigenvalue weighted by Crippen LogP contribution is -2.24. The molecule has 0 amide bonds. The van der Waals surface area contributed by atoms with Crippen LogP contribution in [-0.2, 0) is 6.54 Å². The topological polar surface area (TPSA) is 38.0 Å². The van der Waals surface area contributed by atoms with Crippen LogP contribution in [-0.4, -0.2) is 20.8 Å². The van der Waals surface area contributed by atoms with Crippen molar-refractivity contribution in [1.82, 2.24) is 9.55 Å². The average molecular weight is 256 g/mol.